The van der Waals surface area contributed by atoms with Crippen molar-refractivity contribution in [2.75, 3.05) is 0 Å². The molecule has 2 heterocycles. The van der Waals surface area contributed by atoms with Crippen LogP contribution in [0, 0.1) is 0 Å². The van der Waals surface area contributed by atoms with E-state index < -0.39 is 0 Å². The van der Waals surface area contributed by atoms with Crippen LogP contribution in [0.5, 0.6) is 0 Å². The molecule has 0 radical (unpaired) electrons. The molecule has 3 nitrogen and oxygen atoms in total. The van der Waals surface area contributed by atoms with Crippen molar-refractivity contribution in [3.8, 4) is 0 Å². The van der Waals surface area contributed by atoms with E-state index in [2.05, 4.69) is 15.2 Å². The zero-order chi connectivity index (χ0) is 9.54. The van der Waals surface area contributed by atoms with Gasteiger partial charge in [-0.25, -0.2) is 0 Å². The molecule has 1 N–H and O–H groups in total. The fourth-order valence-electron chi connectivity index (χ4n) is 1.65. The van der Waals surface area contributed by atoms with Crippen LogP contribution in [0.1, 0.15) is 0 Å². The first-order valence-corrected chi connectivity index (χ1v) is 4.61. The normalized spacial score (nSPS) is 11.2. The SMILES string of the molecule is Clc1nncc2c1[nH]c1ccccc12. The van der Waals surface area contributed by atoms with Gasteiger partial charge in [-0.3, -0.25) is 0 Å². The number of aromatic nitrogens is 3. The molecule has 0 unspecified atom stereocenters. The molecule has 0 spiro atoms. The monoisotopic (exact) mass is 203 g/mol. The molecule has 0 saturated heterocycles. The summed E-state index contributed by atoms with van der Waals surface area (Å²) in [6.45, 7) is 0. The molecule has 0 fully saturated rings. The van der Waals surface area contributed by atoms with Crippen LogP contribution >= 0.6 is 11.6 Å². The molecule has 0 amide bonds. The van der Waals surface area contributed by atoms with Crippen molar-refractivity contribution in [1.29, 1.82) is 0 Å². The van der Waals surface area contributed by atoms with Crippen molar-refractivity contribution < 1.29 is 0 Å². The fraction of sp³-hybridized carbons (Fsp3) is 0. The molecule has 68 valence electrons. The molecular formula is C10H6ClN3. The summed E-state index contributed by atoms with van der Waals surface area (Å²) in [5, 5.41) is 10.2. The highest BCUT2D eigenvalue weighted by Crippen LogP contribution is 2.27. The van der Waals surface area contributed by atoms with Gasteiger partial charge in [0.25, 0.3) is 0 Å². The highest BCUT2D eigenvalue weighted by atomic mass is 35.5. The molecule has 0 aliphatic heterocycles. The number of fused-ring (bicyclic) bond motifs is 3. The van der Waals surface area contributed by atoms with Crippen LogP contribution in [-0.2, 0) is 0 Å². The Morgan fingerprint density at radius 3 is 2.93 bits per heavy atom. The van der Waals surface area contributed by atoms with Gasteiger partial charge in [-0.2, -0.15) is 5.10 Å². The summed E-state index contributed by atoms with van der Waals surface area (Å²) in [7, 11) is 0. The minimum Gasteiger partial charge on any atom is -0.352 e. The van der Waals surface area contributed by atoms with Gasteiger partial charge in [0.2, 0.25) is 0 Å². The summed E-state index contributed by atoms with van der Waals surface area (Å²) in [6.07, 6.45) is 1.72. The lowest BCUT2D eigenvalue weighted by Crippen LogP contribution is -1.80. The van der Waals surface area contributed by atoms with Crippen molar-refractivity contribution in [2.45, 2.75) is 0 Å². The van der Waals surface area contributed by atoms with Crippen LogP contribution in [0.2, 0.25) is 5.15 Å². The van der Waals surface area contributed by atoms with Gasteiger partial charge in [0.15, 0.2) is 5.15 Å². The van der Waals surface area contributed by atoms with Crippen LogP contribution in [0.15, 0.2) is 30.5 Å². The van der Waals surface area contributed by atoms with Gasteiger partial charge in [-0.15, -0.1) is 5.10 Å². The Morgan fingerprint density at radius 2 is 2.00 bits per heavy atom. The number of aromatic amines is 1. The van der Waals surface area contributed by atoms with Gasteiger partial charge >= 0.3 is 0 Å². The maximum atomic E-state index is 5.92. The van der Waals surface area contributed by atoms with E-state index in [9.17, 15) is 0 Å². The maximum Gasteiger partial charge on any atom is 0.175 e. The van der Waals surface area contributed by atoms with E-state index in [-0.39, 0.29) is 0 Å². The number of hydrogen-bond acceptors (Lipinski definition) is 2. The topological polar surface area (TPSA) is 41.6 Å². The summed E-state index contributed by atoms with van der Waals surface area (Å²) >= 11 is 5.92. The molecule has 0 bridgehead atoms. The third kappa shape index (κ3) is 0.930. The van der Waals surface area contributed by atoms with E-state index in [1.165, 1.54) is 0 Å². The molecule has 3 aromatic rings. The largest absolute Gasteiger partial charge is 0.352 e. The first kappa shape index (κ1) is 7.76. The van der Waals surface area contributed by atoms with Crippen LogP contribution in [-0.4, -0.2) is 15.2 Å². The lowest BCUT2D eigenvalue weighted by atomic mass is 10.2. The summed E-state index contributed by atoms with van der Waals surface area (Å²) in [6, 6.07) is 8.01. The lowest BCUT2D eigenvalue weighted by molar-refractivity contribution is 1.05. The van der Waals surface area contributed by atoms with Crippen molar-refractivity contribution in [2.24, 2.45) is 0 Å². The molecule has 14 heavy (non-hydrogen) atoms. The molecular weight excluding hydrogens is 198 g/mol. The Kier molecular flexibility index (Phi) is 1.49. The summed E-state index contributed by atoms with van der Waals surface area (Å²) in [4.78, 5) is 3.21. The number of nitrogens with one attached hydrogen (secondary N) is 1. The number of H-pyrrole nitrogens is 1. The van der Waals surface area contributed by atoms with E-state index in [1.807, 2.05) is 24.3 Å². The zero-order valence-corrected chi connectivity index (χ0v) is 7.92. The molecule has 0 aliphatic carbocycles. The molecule has 0 saturated carbocycles. The molecule has 0 aliphatic rings. The van der Waals surface area contributed by atoms with Crippen LogP contribution in [0.25, 0.3) is 21.8 Å². The van der Waals surface area contributed by atoms with Crippen LogP contribution < -0.4 is 0 Å². The minimum absolute atomic E-state index is 0.415. The second-order valence-electron chi connectivity index (χ2n) is 3.09. The van der Waals surface area contributed by atoms with Crippen LogP contribution in [0.3, 0.4) is 0 Å². The first-order valence-electron chi connectivity index (χ1n) is 4.24. The van der Waals surface area contributed by atoms with Crippen molar-refractivity contribution in [3.63, 3.8) is 0 Å². The Balaban J connectivity index is 2.63. The third-order valence-electron chi connectivity index (χ3n) is 2.28. The quantitative estimate of drug-likeness (QED) is 0.611. The summed E-state index contributed by atoms with van der Waals surface area (Å²) < 4.78 is 0. The number of nitrogens with zero attached hydrogens (tertiary/aromatic N) is 2. The van der Waals surface area contributed by atoms with Crippen molar-refractivity contribution in [1.82, 2.24) is 15.2 Å². The van der Waals surface area contributed by atoms with E-state index in [0.717, 1.165) is 21.8 Å². The Hall–Kier alpha value is -1.61. The van der Waals surface area contributed by atoms with Crippen LogP contribution in [0.4, 0.5) is 0 Å². The summed E-state index contributed by atoms with van der Waals surface area (Å²) in [5.74, 6) is 0. The van der Waals surface area contributed by atoms with E-state index in [0.29, 0.717) is 5.15 Å². The second kappa shape index (κ2) is 2.69. The Morgan fingerprint density at radius 1 is 1.14 bits per heavy atom. The standard InChI is InChI=1S/C10H6ClN3/c11-10-9-7(5-12-14-10)6-3-1-2-4-8(6)13-9/h1-5,13H. The highest BCUT2D eigenvalue weighted by Gasteiger charge is 2.06. The van der Waals surface area contributed by atoms with Gasteiger partial charge in [0.05, 0.1) is 11.7 Å². The predicted molar refractivity (Wildman–Crippen MR) is 56.4 cm³/mol. The minimum atomic E-state index is 0.415. The van der Waals surface area contributed by atoms with Crippen molar-refractivity contribution >= 4 is 33.4 Å². The van der Waals surface area contributed by atoms with Gasteiger partial charge in [0, 0.05) is 16.3 Å². The van der Waals surface area contributed by atoms with E-state index in [1.54, 1.807) is 6.20 Å². The number of benzene rings is 1. The molecule has 4 heteroatoms. The summed E-state index contributed by atoms with van der Waals surface area (Å²) in [5.41, 5.74) is 1.90. The first-order chi connectivity index (χ1) is 6.86. The maximum absolute atomic E-state index is 5.92. The molecule has 2 aromatic heterocycles. The number of para-hydroxylation sites is 1. The molecule has 0 atom stereocenters. The van der Waals surface area contributed by atoms with Gasteiger partial charge in [-0.05, 0) is 6.07 Å². The Labute approximate surface area is 84.7 Å². The zero-order valence-electron chi connectivity index (χ0n) is 7.16. The Bertz CT molecular complexity index is 615. The fourth-order valence-corrected chi connectivity index (χ4v) is 1.84. The van der Waals surface area contributed by atoms with E-state index in [4.69, 9.17) is 11.6 Å². The number of hydrogen-bond donors (Lipinski definition) is 1. The molecule has 1 aromatic carbocycles. The lowest BCUT2D eigenvalue weighted by Gasteiger charge is -1.89. The predicted octanol–water partition coefficient (Wildman–Crippen LogP) is 2.76. The third-order valence-corrected chi connectivity index (χ3v) is 2.55. The number of halogens is 1. The number of rotatable bonds is 0. The molecule has 3 rings (SSSR count). The van der Waals surface area contributed by atoms with Gasteiger partial charge in [-0.1, -0.05) is 29.8 Å². The van der Waals surface area contributed by atoms with Gasteiger partial charge in [0.1, 0.15) is 0 Å². The average Bonchev–Trinajstić information content (AvgIpc) is 2.59. The smallest absolute Gasteiger partial charge is 0.175 e. The van der Waals surface area contributed by atoms with Gasteiger partial charge < -0.3 is 4.98 Å². The highest BCUT2D eigenvalue weighted by molar-refractivity contribution is 6.34. The van der Waals surface area contributed by atoms with Crippen molar-refractivity contribution in [3.05, 3.63) is 35.6 Å². The average molecular weight is 204 g/mol. The van der Waals surface area contributed by atoms with E-state index >= 15 is 0 Å². The second-order valence-corrected chi connectivity index (χ2v) is 3.45.